The minimum atomic E-state index is 0. The monoisotopic (exact) mass is 171 g/mol. The van der Waals surface area contributed by atoms with E-state index in [1.807, 2.05) is 0 Å². The van der Waals surface area contributed by atoms with Crippen molar-refractivity contribution >= 4 is 12.4 Å². The maximum absolute atomic E-state index is 3.69. The van der Waals surface area contributed by atoms with Gasteiger partial charge in [-0.25, -0.2) is 0 Å². The zero-order valence-electron chi connectivity index (χ0n) is 5.11. The summed E-state index contributed by atoms with van der Waals surface area (Å²) in [5, 5.41) is 0. The van der Waals surface area contributed by atoms with Crippen molar-refractivity contribution < 1.29 is 19.5 Å². The Balaban J connectivity index is -0.0000000800. The number of hydrogen-bond donors (Lipinski definition) is 0. The van der Waals surface area contributed by atoms with Crippen LogP contribution in [-0.4, -0.2) is 0 Å². The van der Waals surface area contributed by atoms with Gasteiger partial charge in [0.1, 0.15) is 0 Å². The van der Waals surface area contributed by atoms with Gasteiger partial charge in [0.05, 0.1) is 0 Å². The minimum absolute atomic E-state index is 0. The van der Waals surface area contributed by atoms with Crippen molar-refractivity contribution in [3.63, 3.8) is 0 Å². The molecule has 0 amide bonds. The van der Waals surface area contributed by atoms with Crippen molar-refractivity contribution in [2.75, 3.05) is 0 Å². The molecule has 42 valence electrons. The first-order valence-corrected chi connectivity index (χ1v) is 2.06. The van der Waals surface area contributed by atoms with E-state index >= 15 is 0 Å². The summed E-state index contributed by atoms with van der Waals surface area (Å²) < 4.78 is 0. The summed E-state index contributed by atoms with van der Waals surface area (Å²) in [6.07, 6.45) is 1.06. The first-order valence-electron chi connectivity index (χ1n) is 2.06. The van der Waals surface area contributed by atoms with E-state index in [0.717, 1.165) is 12.3 Å². The van der Waals surface area contributed by atoms with Gasteiger partial charge in [-0.15, -0.1) is 12.4 Å². The molecule has 0 radical (unpaired) electrons. The van der Waals surface area contributed by atoms with E-state index in [9.17, 15) is 0 Å². The maximum Gasteiger partial charge on any atom is 0 e. The Morgan fingerprint density at radius 3 is 1.57 bits per heavy atom. The smallest absolute Gasteiger partial charge is 0 e. The molecule has 0 heterocycles. The van der Waals surface area contributed by atoms with Crippen LogP contribution in [-0.2, 0) is 19.5 Å². The molecule has 0 spiro atoms. The van der Waals surface area contributed by atoms with Gasteiger partial charge in [-0.3, -0.25) is 0 Å². The quantitative estimate of drug-likeness (QED) is 0.421. The van der Waals surface area contributed by atoms with Crippen LogP contribution >= 0.6 is 12.4 Å². The Morgan fingerprint density at radius 1 is 1.43 bits per heavy atom. The molecule has 0 aliphatic carbocycles. The fraction of sp³-hybridized carbons (Fsp3) is 0.800. The van der Waals surface area contributed by atoms with E-state index in [1.54, 1.807) is 0 Å². The predicted molar refractivity (Wildman–Crippen MR) is 32.1 cm³/mol. The van der Waals surface area contributed by atoms with Gasteiger partial charge in [0, 0.05) is 19.5 Å². The van der Waals surface area contributed by atoms with Gasteiger partial charge >= 0.3 is 0 Å². The maximum atomic E-state index is 3.69. The van der Waals surface area contributed by atoms with Crippen LogP contribution in [0.25, 0.3) is 0 Å². The van der Waals surface area contributed by atoms with Crippen molar-refractivity contribution in [1.29, 1.82) is 0 Å². The Hall–Kier alpha value is 0.913. The summed E-state index contributed by atoms with van der Waals surface area (Å²) in [6, 6.07) is 0. The van der Waals surface area contributed by atoms with Gasteiger partial charge in [0.15, 0.2) is 0 Å². The van der Waals surface area contributed by atoms with Gasteiger partial charge in [0.2, 0.25) is 0 Å². The molecule has 0 unspecified atom stereocenters. The first kappa shape index (κ1) is 15.7. The van der Waals surface area contributed by atoms with Gasteiger partial charge in [-0.2, -0.15) is 6.42 Å². The minimum Gasteiger partial charge on any atom is -0.343 e. The van der Waals surface area contributed by atoms with E-state index in [-0.39, 0.29) is 31.9 Å². The summed E-state index contributed by atoms with van der Waals surface area (Å²) in [5.74, 6) is 0.773. The van der Waals surface area contributed by atoms with Gasteiger partial charge in [0.25, 0.3) is 0 Å². The molecule has 0 aromatic carbocycles. The Morgan fingerprint density at radius 2 is 1.57 bits per heavy atom. The van der Waals surface area contributed by atoms with Gasteiger partial charge < -0.3 is 6.92 Å². The van der Waals surface area contributed by atoms with Crippen LogP contribution in [0.15, 0.2) is 0 Å². The molecule has 0 aromatic rings. The molecular formula is C5H12ClZn-. The molecule has 0 fully saturated rings. The van der Waals surface area contributed by atoms with Crippen molar-refractivity contribution in [3.8, 4) is 0 Å². The molecule has 0 atom stereocenters. The first-order chi connectivity index (χ1) is 2.27. The van der Waals surface area contributed by atoms with E-state index in [4.69, 9.17) is 0 Å². The third kappa shape index (κ3) is 19.7. The Bertz CT molecular complexity index is 22.0. The van der Waals surface area contributed by atoms with Crippen LogP contribution in [0.3, 0.4) is 0 Å². The van der Waals surface area contributed by atoms with Crippen molar-refractivity contribution in [3.05, 3.63) is 6.92 Å². The summed E-state index contributed by atoms with van der Waals surface area (Å²) in [6.45, 7) is 8.00. The van der Waals surface area contributed by atoms with Crippen LogP contribution in [0, 0.1) is 12.8 Å². The van der Waals surface area contributed by atoms with E-state index in [0.29, 0.717) is 0 Å². The summed E-state index contributed by atoms with van der Waals surface area (Å²) >= 11 is 0. The molecule has 0 saturated heterocycles. The fourth-order valence-electron chi connectivity index (χ4n) is 0. The Labute approximate surface area is 65.2 Å². The second-order valence-corrected chi connectivity index (χ2v) is 1.68. The topological polar surface area (TPSA) is 0 Å². The number of rotatable bonds is 1. The molecule has 0 bridgehead atoms. The van der Waals surface area contributed by atoms with Gasteiger partial charge in [-0.1, -0.05) is 19.8 Å². The average molecular weight is 173 g/mol. The zero-order valence-corrected chi connectivity index (χ0v) is 8.89. The van der Waals surface area contributed by atoms with Crippen LogP contribution < -0.4 is 0 Å². The number of hydrogen-bond acceptors (Lipinski definition) is 0. The molecule has 7 heavy (non-hydrogen) atoms. The molecule has 0 nitrogen and oxygen atoms in total. The molecule has 0 saturated carbocycles. The van der Waals surface area contributed by atoms with Crippen LogP contribution in [0.2, 0.25) is 0 Å². The molecule has 0 aliphatic rings. The zero-order chi connectivity index (χ0) is 4.28. The molecule has 0 N–H and O–H groups in total. The summed E-state index contributed by atoms with van der Waals surface area (Å²) in [7, 11) is 0. The van der Waals surface area contributed by atoms with E-state index < -0.39 is 0 Å². The molecule has 0 rings (SSSR count). The SMILES string of the molecule is Cl.[CH2-]CC(C)C.[Zn]. The van der Waals surface area contributed by atoms with E-state index in [2.05, 4.69) is 20.8 Å². The predicted octanol–water partition coefficient (Wildman–Crippen LogP) is 2.29. The number of halogens is 1. The van der Waals surface area contributed by atoms with Crippen molar-refractivity contribution in [2.45, 2.75) is 20.3 Å². The summed E-state index contributed by atoms with van der Waals surface area (Å²) in [5.41, 5.74) is 0. The average Bonchev–Trinajstić information content (AvgIpc) is 1.38. The third-order valence-electron chi connectivity index (χ3n) is 0.577. The largest absolute Gasteiger partial charge is 0.343 e. The molecule has 0 aromatic heterocycles. The summed E-state index contributed by atoms with van der Waals surface area (Å²) in [4.78, 5) is 0. The fourth-order valence-corrected chi connectivity index (χ4v) is 0. The van der Waals surface area contributed by atoms with E-state index in [1.165, 1.54) is 0 Å². The van der Waals surface area contributed by atoms with Crippen molar-refractivity contribution in [1.82, 2.24) is 0 Å². The standard InChI is InChI=1S/C5H11.ClH.Zn/c1-4-5(2)3;;/h5H,1,4H2,2-3H3;1H;/q-1;;. The second kappa shape index (κ2) is 10.0. The molecular weight excluding hydrogens is 161 g/mol. The molecule has 2 heteroatoms. The Kier molecular flexibility index (Phi) is 22.4. The van der Waals surface area contributed by atoms with Crippen LogP contribution in [0.5, 0.6) is 0 Å². The van der Waals surface area contributed by atoms with Crippen LogP contribution in [0.4, 0.5) is 0 Å². The van der Waals surface area contributed by atoms with Crippen molar-refractivity contribution in [2.24, 2.45) is 5.92 Å². The van der Waals surface area contributed by atoms with Crippen LogP contribution in [0.1, 0.15) is 20.3 Å². The van der Waals surface area contributed by atoms with Gasteiger partial charge in [-0.05, 0) is 0 Å². The normalized spacial score (nSPS) is 6.86. The third-order valence-corrected chi connectivity index (χ3v) is 0.577. The molecule has 0 aliphatic heterocycles. The second-order valence-electron chi connectivity index (χ2n) is 1.68.